The molecular weight excluding hydrogens is 281 g/mol. The zero-order valence-corrected chi connectivity index (χ0v) is 12.6. The third-order valence-electron chi connectivity index (χ3n) is 3.13. The van der Waals surface area contributed by atoms with Crippen molar-refractivity contribution in [3.8, 4) is 0 Å². The number of carbonyl (C=O) groups is 1. The van der Waals surface area contributed by atoms with Crippen molar-refractivity contribution in [3.63, 3.8) is 0 Å². The van der Waals surface area contributed by atoms with Gasteiger partial charge < -0.3 is 10.2 Å². The Kier molecular flexibility index (Phi) is 5.60. The molecule has 0 aliphatic heterocycles. The van der Waals surface area contributed by atoms with Gasteiger partial charge in [-0.15, -0.1) is 0 Å². The average molecular weight is 299 g/mol. The smallest absolute Gasteiger partial charge is 0.336 e. The second-order valence-electron chi connectivity index (χ2n) is 4.31. The molecule has 0 radical (unpaired) electrons. The molecule has 0 aliphatic carbocycles. The van der Waals surface area contributed by atoms with Crippen LogP contribution in [0, 0.1) is 10.1 Å². The Morgan fingerprint density at radius 3 is 2.30 bits per heavy atom. The number of aromatic carboxylic acids is 1. The van der Waals surface area contributed by atoms with Gasteiger partial charge in [0.05, 0.1) is 21.9 Å². The van der Waals surface area contributed by atoms with E-state index >= 15 is 0 Å². The predicted octanol–water partition coefficient (Wildman–Crippen LogP) is 2.49. The van der Waals surface area contributed by atoms with Crippen molar-refractivity contribution in [3.05, 3.63) is 33.4 Å². The van der Waals surface area contributed by atoms with E-state index in [1.807, 2.05) is 13.8 Å². The highest BCUT2D eigenvalue weighted by Crippen LogP contribution is 2.40. The van der Waals surface area contributed by atoms with Crippen LogP contribution in [0.1, 0.15) is 42.8 Å². The SMILES string of the molecule is CCP(CC)c1c([N+](=O)[O-])ccc(C(C)O)c1C(=O)O. The fourth-order valence-corrected chi connectivity index (χ4v) is 4.28. The number of carboxylic acids is 1. The zero-order chi connectivity index (χ0) is 15.4. The molecule has 1 aromatic carbocycles. The Labute approximate surface area is 118 Å². The summed E-state index contributed by atoms with van der Waals surface area (Å²) in [5.41, 5.74) is -0.0434. The van der Waals surface area contributed by atoms with E-state index in [0.717, 1.165) is 0 Å². The molecule has 110 valence electrons. The highest BCUT2D eigenvalue weighted by Gasteiger charge is 2.30. The van der Waals surface area contributed by atoms with Crippen molar-refractivity contribution in [1.29, 1.82) is 0 Å². The van der Waals surface area contributed by atoms with E-state index in [2.05, 4.69) is 0 Å². The summed E-state index contributed by atoms with van der Waals surface area (Å²) in [7, 11) is -0.932. The van der Waals surface area contributed by atoms with Crippen LogP contribution in [0.4, 0.5) is 5.69 Å². The van der Waals surface area contributed by atoms with Crippen LogP contribution >= 0.6 is 7.92 Å². The summed E-state index contributed by atoms with van der Waals surface area (Å²) in [4.78, 5) is 22.2. The number of hydrogen-bond donors (Lipinski definition) is 2. The number of nitro benzene ring substituents is 1. The van der Waals surface area contributed by atoms with E-state index in [1.165, 1.54) is 19.1 Å². The lowest BCUT2D eigenvalue weighted by molar-refractivity contribution is -0.383. The second-order valence-corrected chi connectivity index (χ2v) is 7.10. The van der Waals surface area contributed by atoms with E-state index in [9.17, 15) is 25.1 Å². The van der Waals surface area contributed by atoms with E-state index < -0.39 is 24.9 Å². The number of hydrogen-bond acceptors (Lipinski definition) is 4. The molecule has 0 bridgehead atoms. The summed E-state index contributed by atoms with van der Waals surface area (Å²) in [6.07, 6.45) is 0.345. The maximum absolute atomic E-state index is 11.5. The lowest BCUT2D eigenvalue weighted by Gasteiger charge is -2.19. The van der Waals surface area contributed by atoms with E-state index in [1.54, 1.807) is 0 Å². The lowest BCUT2D eigenvalue weighted by atomic mass is 10.0. The third-order valence-corrected chi connectivity index (χ3v) is 5.74. The first-order valence-electron chi connectivity index (χ1n) is 6.32. The number of aliphatic hydroxyl groups excluding tert-OH is 1. The summed E-state index contributed by atoms with van der Waals surface area (Å²) in [6, 6.07) is 2.62. The monoisotopic (exact) mass is 299 g/mol. The largest absolute Gasteiger partial charge is 0.478 e. The lowest BCUT2D eigenvalue weighted by Crippen LogP contribution is -2.22. The fraction of sp³-hybridized carbons (Fsp3) is 0.462. The van der Waals surface area contributed by atoms with Crippen LogP contribution in [0.15, 0.2) is 12.1 Å². The molecule has 0 fully saturated rings. The van der Waals surface area contributed by atoms with Gasteiger partial charge in [0.15, 0.2) is 0 Å². The van der Waals surface area contributed by atoms with Crippen LogP contribution in [0.5, 0.6) is 0 Å². The molecule has 0 aliphatic rings. The number of nitro groups is 1. The van der Waals surface area contributed by atoms with Gasteiger partial charge in [0.1, 0.15) is 0 Å². The molecule has 7 heteroatoms. The molecule has 1 unspecified atom stereocenters. The molecule has 0 aromatic heterocycles. The normalized spacial score (nSPS) is 12.4. The van der Waals surface area contributed by atoms with Crippen LogP contribution in [-0.4, -0.2) is 33.4 Å². The molecule has 0 spiro atoms. The minimum Gasteiger partial charge on any atom is -0.478 e. The van der Waals surface area contributed by atoms with Gasteiger partial charge in [-0.25, -0.2) is 4.79 Å². The van der Waals surface area contributed by atoms with Gasteiger partial charge in [-0.2, -0.15) is 0 Å². The maximum atomic E-state index is 11.5. The van der Waals surface area contributed by atoms with Crippen LogP contribution in [0.3, 0.4) is 0 Å². The van der Waals surface area contributed by atoms with Gasteiger partial charge in [-0.1, -0.05) is 21.8 Å². The van der Waals surface area contributed by atoms with Gasteiger partial charge in [0.25, 0.3) is 5.69 Å². The Balaban J connectivity index is 3.74. The first-order valence-corrected chi connectivity index (χ1v) is 8.03. The highest BCUT2D eigenvalue weighted by molar-refractivity contribution is 7.66. The second kappa shape index (κ2) is 6.77. The molecule has 6 nitrogen and oxygen atoms in total. The van der Waals surface area contributed by atoms with Crippen LogP contribution in [0.2, 0.25) is 0 Å². The summed E-state index contributed by atoms with van der Waals surface area (Å²) in [5.74, 6) is -1.23. The van der Waals surface area contributed by atoms with Crippen LogP contribution < -0.4 is 5.30 Å². The Morgan fingerprint density at radius 1 is 1.40 bits per heavy atom. The molecule has 0 heterocycles. The first-order chi connectivity index (χ1) is 9.34. The summed E-state index contributed by atoms with van der Waals surface area (Å²) >= 11 is 0. The summed E-state index contributed by atoms with van der Waals surface area (Å²) < 4.78 is 0. The molecule has 2 N–H and O–H groups in total. The standard InChI is InChI=1S/C13H18NO5P/c1-4-20(5-2)12-10(14(18)19)7-6-9(8(3)15)11(12)13(16)17/h6-8,15H,4-5H2,1-3H3,(H,16,17). The minimum absolute atomic E-state index is 0.107. The van der Waals surface area contributed by atoms with Gasteiger partial charge >= 0.3 is 5.97 Å². The first kappa shape index (κ1) is 16.5. The number of nitrogens with zero attached hydrogens (tertiary/aromatic N) is 1. The number of rotatable bonds is 6. The van der Waals surface area contributed by atoms with Gasteiger partial charge in [0, 0.05) is 6.07 Å². The van der Waals surface area contributed by atoms with Crippen molar-refractivity contribution >= 4 is 24.9 Å². The van der Waals surface area contributed by atoms with E-state index in [4.69, 9.17) is 0 Å². The average Bonchev–Trinajstić information content (AvgIpc) is 2.38. The number of benzene rings is 1. The van der Waals surface area contributed by atoms with Crippen molar-refractivity contribution < 1.29 is 19.9 Å². The Bertz CT molecular complexity index is 526. The maximum Gasteiger partial charge on any atom is 0.336 e. The Hall–Kier alpha value is -1.52. The van der Waals surface area contributed by atoms with Gasteiger partial charge in [-0.3, -0.25) is 10.1 Å². The summed E-state index contributed by atoms with van der Waals surface area (Å²) in [6.45, 7) is 5.23. The molecule has 20 heavy (non-hydrogen) atoms. The molecule has 0 saturated carbocycles. The third kappa shape index (κ3) is 3.14. The highest BCUT2D eigenvalue weighted by atomic mass is 31.1. The van der Waals surface area contributed by atoms with Gasteiger partial charge in [0.2, 0.25) is 0 Å². The number of aliphatic hydroxyl groups is 1. The van der Waals surface area contributed by atoms with E-state index in [0.29, 0.717) is 12.3 Å². The molecule has 1 rings (SSSR count). The van der Waals surface area contributed by atoms with Crippen LogP contribution in [-0.2, 0) is 0 Å². The van der Waals surface area contributed by atoms with Crippen molar-refractivity contribution in [2.45, 2.75) is 26.9 Å². The Morgan fingerprint density at radius 2 is 1.95 bits per heavy atom. The molecular formula is C13H18NO5P. The molecule has 1 atom stereocenters. The molecule has 0 saturated heterocycles. The number of carboxylic acid groups (broad SMARTS) is 1. The topological polar surface area (TPSA) is 101 Å². The minimum atomic E-state index is -1.23. The summed E-state index contributed by atoms with van der Waals surface area (Å²) in [5, 5.41) is 30.6. The van der Waals surface area contributed by atoms with Crippen molar-refractivity contribution in [1.82, 2.24) is 0 Å². The fourth-order valence-electron chi connectivity index (χ4n) is 2.18. The quantitative estimate of drug-likeness (QED) is 0.477. The zero-order valence-electron chi connectivity index (χ0n) is 11.7. The van der Waals surface area contributed by atoms with Gasteiger partial charge in [-0.05, 0) is 30.9 Å². The van der Waals surface area contributed by atoms with E-state index in [-0.39, 0.29) is 22.1 Å². The molecule has 1 aromatic rings. The predicted molar refractivity (Wildman–Crippen MR) is 78.3 cm³/mol. The van der Waals surface area contributed by atoms with Crippen molar-refractivity contribution in [2.24, 2.45) is 0 Å². The van der Waals surface area contributed by atoms with Crippen molar-refractivity contribution in [2.75, 3.05) is 12.3 Å². The molecule has 0 amide bonds. The van der Waals surface area contributed by atoms with Crippen LogP contribution in [0.25, 0.3) is 0 Å².